The maximum Gasteiger partial charge on any atom is 0.409 e. The van der Waals surface area contributed by atoms with Gasteiger partial charge in [-0.15, -0.1) is 0 Å². The lowest BCUT2D eigenvalue weighted by molar-refractivity contribution is 0.0114. The van der Waals surface area contributed by atoms with Crippen LogP contribution in [0.2, 0.25) is 5.02 Å². The number of halogens is 2. The van der Waals surface area contributed by atoms with Gasteiger partial charge in [-0.2, -0.15) is 4.31 Å². The molecule has 2 aromatic rings. The average Bonchev–Trinajstić information content (AvgIpc) is 2.97. The molecule has 0 spiro atoms. The molecule has 3 aliphatic rings. The van der Waals surface area contributed by atoms with Crippen LogP contribution in [-0.4, -0.2) is 73.0 Å². The van der Waals surface area contributed by atoms with E-state index >= 15 is 0 Å². The number of ether oxygens (including phenoxy) is 1. The van der Waals surface area contributed by atoms with Gasteiger partial charge in [-0.05, 0) is 107 Å². The van der Waals surface area contributed by atoms with Gasteiger partial charge in [-0.3, -0.25) is 4.90 Å². The summed E-state index contributed by atoms with van der Waals surface area (Å²) in [5.74, 6) is -0.420. The normalized spacial score (nSPS) is 24.5. The van der Waals surface area contributed by atoms with Crippen LogP contribution in [-0.2, 0) is 14.8 Å². The van der Waals surface area contributed by atoms with Crippen LogP contribution in [0, 0.1) is 5.82 Å². The smallest absolute Gasteiger partial charge is 0.409 e. The zero-order valence-corrected chi connectivity index (χ0v) is 24.7. The zero-order valence-electron chi connectivity index (χ0n) is 23.1. The minimum absolute atomic E-state index is 0.0582. The van der Waals surface area contributed by atoms with Gasteiger partial charge in [0.25, 0.3) is 0 Å². The predicted molar refractivity (Wildman–Crippen MR) is 153 cm³/mol. The Labute approximate surface area is 242 Å². The Hall–Kier alpha value is -2.20. The number of nitrogens with zero attached hydrogens (tertiary/aromatic N) is 3. The third-order valence-corrected chi connectivity index (χ3v) is 11.1. The number of sulfonamides is 1. The minimum atomic E-state index is -4.00. The van der Waals surface area contributed by atoms with E-state index in [0.717, 1.165) is 32.4 Å². The van der Waals surface area contributed by atoms with Crippen molar-refractivity contribution < 1.29 is 22.3 Å². The van der Waals surface area contributed by atoms with Gasteiger partial charge in [0.15, 0.2) is 0 Å². The second-order valence-corrected chi connectivity index (χ2v) is 13.8. The highest BCUT2D eigenvalue weighted by Gasteiger charge is 2.42. The Morgan fingerprint density at radius 2 is 1.70 bits per heavy atom. The fourth-order valence-electron chi connectivity index (χ4n) is 6.51. The molecule has 2 unspecified atom stereocenters. The predicted octanol–water partition coefficient (Wildman–Crippen LogP) is 6.24. The molecular formula is C30H39ClFN3O4S. The maximum absolute atomic E-state index is 14.2. The summed E-state index contributed by atoms with van der Waals surface area (Å²) >= 11 is 6.02. The van der Waals surface area contributed by atoms with Crippen LogP contribution >= 0.6 is 11.6 Å². The largest absolute Gasteiger partial charge is 0.448 e. The Balaban J connectivity index is 1.31. The van der Waals surface area contributed by atoms with Crippen molar-refractivity contribution in [3.63, 3.8) is 0 Å². The number of piperidine rings is 3. The van der Waals surface area contributed by atoms with Gasteiger partial charge < -0.3 is 9.64 Å². The lowest BCUT2D eigenvalue weighted by Crippen LogP contribution is -2.56. The van der Waals surface area contributed by atoms with E-state index in [9.17, 15) is 17.6 Å². The average molecular weight is 592 g/mol. The van der Waals surface area contributed by atoms with Crippen molar-refractivity contribution in [1.82, 2.24) is 14.1 Å². The lowest BCUT2D eigenvalue weighted by atomic mass is 9.86. The van der Waals surface area contributed by atoms with Crippen LogP contribution in [0.3, 0.4) is 0 Å². The molecule has 7 nitrogen and oxygen atoms in total. The summed E-state index contributed by atoms with van der Waals surface area (Å²) in [6.45, 7) is 5.72. The molecule has 40 heavy (non-hydrogen) atoms. The second-order valence-electron chi connectivity index (χ2n) is 11.6. The molecule has 10 heteroatoms. The summed E-state index contributed by atoms with van der Waals surface area (Å²) in [7, 11) is -4.00. The number of hydrogen-bond donors (Lipinski definition) is 0. The van der Waals surface area contributed by atoms with E-state index in [2.05, 4.69) is 11.8 Å². The Kier molecular flexibility index (Phi) is 9.05. The minimum Gasteiger partial charge on any atom is -0.448 e. The Bertz CT molecular complexity index is 1280. The molecule has 1 amide bonds. The molecule has 3 aliphatic heterocycles. The van der Waals surface area contributed by atoms with Crippen LogP contribution in [0.4, 0.5) is 9.18 Å². The van der Waals surface area contributed by atoms with Gasteiger partial charge in [0.05, 0.1) is 17.0 Å². The van der Waals surface area contributed by atoms with Gasteiger partial charge in [-0.25, -0.2) is 17.6 Å². The first-order chi connectivity index (χ1) is 19.2. The SMILES string of the molecule is CC1(N2CCCCC2)CCN(C(=O)OCC2CCCC(c3cccc(F)c3)N2S(=O)(=O)c2ccc(Cl)cc2)CC1. The van der Waals surface area contributed by atoms with Crippen molar-refractivity contribution in [3.05, 3.63) is 64.9 Å². The van der Waals surface area contributed by atoms with Gasteiger partial charge in [0, 0.05) is 23.7 Å². The van der Waals surface area contributed by atoms with Gasteiger partial charge in [0.1, 0.15) is 12.4 Å². The van der Waals surface area contributed by atoms with E-state index in [4.69, 9.17) is 16.3 Å². The summed E-state index contributed by atoms with van der Waals surface area (Å²) in [6, 6.07) is 11.0. The fraction of sp³-hybridized carbons (Fsp3) is 0.567. The number of carbonyl (C=O) groups is 1. The third kappa shape index (κ3) is 6.32. The summed E-state index contributed by atoms with van der Waals surface area (Å²) in [4.78, 5) is 17.6. The molecular weight excluding hydrogens is 553 g/mol. The van der Waals surface area contributed by atoms with Gasteiger partial charge in [-0.1, -0.05) is 30.2 Å². The molecule has 3 saturated heterocycles. The first-order valence-corrected chi connectivity index (χ1v) is 16.2. The van der Waals surface area contributed by atoms with Crippen LogP contribution in [0.5, 0.6) is 0 Å². The molecule has 0 aromatic heterocycles. The third-order valence-electron chi connectivity index (χ3n) is 8.92. The number of rotatable bonds is 6. The Morgan fingerprint density at radius 3 is 2.38 bits per heavy atom. The standard InChI is InChI=1S/C30H39ClFN3O4S/c1-30(34-17-3-2-4-18-34)15-19-33(20-16-30)29(36)39-22-26-9-6-10-28(23-7-5-8-25(32)21-23)35(26)40(37,38)27-13-11-24(31)12-14-27/h5,7-8,11-14,21,26,28H,2-4,6,9-10,15-20,22H2,1H3. The molecule has 218 valence electrons. The van der Waals surface area contributed by atoms with E-state index in [1.807, 2.05) is 0 Å². The number of benzene rings is 2. The van der Waals surface area contributed by atoms with Gasteiger partial charge >= 0.3 is 6.09 Å². The van der Waals surface area contributed by atoms with Crippen molar-refractivity contribution in [1.29, 1.82) is 0 Å². The van der Waals surface area contributed by atoms with Crippen molar-refractivity contribution in [2.75, 3.05) is 32.8 Å². The van der Waals surface area contributed by atoms with Crippen molar-refractivity contribution in [2.45, 2.75) is 80.8 Å². The first kappa shape index (κ1) is 29.3. The van der Waals surface area contributed by atoms with Crippen molar-refractivity contribution in [2.24, 2.45) is 0 Å². The number of amides is 1. The maximum atomic E-state index is 14.2. The molecule has 0 aliphatic carbocycles. The van der Waals surface area contributed by atoms with E-state index in [1.165, 1.54) is 47.8 Å². The molecule has 0 radical (unpaired) electrons. The highest BCUT2D eigenvalue weighted by atomic mass is 35.5. The molecule has 3 heterocycles. The Morgan fingerprint density at radius 1 is 1.00 bits per heavy atom. The van der Waals surface area contributed by atoms with Gasteiger partial charge in [0.2, 0.25) is 10.0 Å². The quantitative estimate of drug-likeness (QED) is 0.398. The molecule has 0 N–H and O–H groups in total. The van der Waals surface area contributed by atoms with E-state index < -0.39 is 34.0 Å². The second kappa shape index (κ2) is 12.3. The van der Waals surface area contributed by atoms with E-state index in [0.29, 0.717) is 36.5 Å². The topological polar surface area (TPSA) is 70.2 Å². The molecule has 2 aromatic carbocycles. The van der Waals surface area contributed by atoms with Crippen LogP contribution < -0.4 is 0 Å². The fourth-order valence-corrected chi connectivity index (χ4v) is 8.48. The van der Waals surface area contributed by atoms with Crippen LogP contribution in [0.1, 0.15) is 69.9 Å². The van der Waals surface area contributed by atoms with Crippen molar-refractivity contribution in [3.8, 4) is 0 Å². The number of carbonyl (C=O) groups excluding carboxylic acids is 1. The highest BCUT2D eigenvalue weighted by molar-refractivity contribution is 7.89. The van der Waals surface area contributed by atoms with Crippen LogP contribution in [0.25, 0.3) is 0 Å². The number of likely N-dealkylation sites (tertiary alicyclic amines) is 2. The summed E-state index contributed by atoms with van der Waals surface area (Å²) in [5.41, 5.74) is 0.684. The summed E-state index contributed by atoms with van der Waals surface area (Å²) < 4.78 is 49.4. The summed E-state index contributed by atoms with van der Waals surface area (Å²) in [6.07, 6.45) is 6.95. The van der Waals surface area contributed by atoms with Crippen LogP contribution in [0.15, 0.2) is 53.4 Å². The summed E-state index contributed by atoms with van der Waals surface area (Å²) in [5, 5.41) is 0.433. The molecule has 0 bridgehead atoms. The van der Waals surface area contributed by atoms with Crippen molar-refractivity contribution >= 4 is 27.7 Å². The molecule has 2 atom stereocenters. The molecule has 3 fully saturated rings. The first-order valence-electron chi connectivity index (χ1n) is 14.4. The lowest BCUT2D eigenvalue weighted by Gasteiger charge is -2.48. The van der Waals surface area contributed by atoms with E-state index in [-0.39, 0.29) is 17.0 Å². The zero-order chi connectivity index (χ0) is 28.3. The monoisotopic (exact) mass is 591 g/mol. The van der Waals surface area contributed by atoms with E-state index in [1.54, 1.807) is 29.2 Å². The molecule has 5 rings (SSSR count). The molecule has 0 saturated carbocycles. The highest BCUT2D eigenvalue weighted by Crippen LogP contribution is 2.39. The number of hydrogen-bond acceptors (Lipinski definition) is 5.